The number of aromatic nitrogens is 3. The Morgan fingerprint density at radius 1 is 1.75 bits per heavy atom. The Bertz CT molecular complexity index is 356. The van der Waals surface area contributed by atoms with Crippen LogP contribution in [-0.4, -0.2) is 33.3 Å². The smallest absolute Gasteiger partial charge is 0.221 e. The molecular weight excluding hydrogens is 206 g/mol. The summed E-state index contributed by atoms with van der Waals surface area (Å²) in [5, 5.41) is 10.2. The Morgan fingerprint density at radius 3 is 3.25 bits per heavy atom. The fourth-order valence-electron chi connectivity index (χ4n) is 1.87. The molecule has 0 bridgehead atoms. The van der Waals surface area contributed by atoms with Gasteiger partial charge in [-0.1, -0.05) is 0 Å². The molecule has 1 aromatic heterocycles. The van der Waals surface area contributed by atoms with E-state index in [9.17, 15) is 4.79 Å². The molecule has 2 N–H and O–H groups in total. The van der Waals surface area contributed by atoms with Gasteiger partial charge >= 0.3 is 0 Å². The van der Waals surface area contributed by atoms with Crippen LogP contribution in [0, 0.1) is 0 Å². The van der Waals surface area contributed by atoms with Crippen molar-refractivity contribution in [1.82, 2.24) is 25.4 Å². The topological polar surface area (TPSA) is 71.8 Å². The molecule has 0 spiro atoms. The molecule has 6 heteroatoms. The minimum Gasteiger partial charge on any atom is -0.349 e. The zero-order valence-corrected chi connectivity index (χ0v) is 9.44. The van der Waals surface area contributed by atoms with Crippen LogP contribution < -0.4 is 10.6 Å². The van der Waals surface area contributed by atoms with E-state index < -0.39 is 0 Å². The summed E-state index contributed by atoms with van der Waals surface area (Å²) in [6, 6.07) is 0.344. The fraction of sp³-hybridized carbons (Fsp3) is 0.700. The quantitative estimate of drug-likeness (QED) is 0.727. The predicted octanol–water partition coefficient (Wildman–Crippen LogP) is -0.427. The number of rotatable bonds is 4. The van der Waals surface area contributed by atoms with Crippen molar-refractivity contribution in [2.24, 2.45) is 7.05 Å². The van der Waals surface area contributed by atoms with E-state index in [1.165, 1.54) is 6.42 Å². The Kier molecular flexibility index (Phi) is 3.51. The van der Waals surface area contributed by atoms with Crippen LogP contribution in [0.5, 0.6) is 0 Å². The van der Waals surface area contributed by atoms with E-state index in [0.717, 1.165) is 13.0 Å². The normalized spacial score (nSPS) is 19.9. The fourth-order valence-corrected chi connectivity index (χ4v) is 1.87. The van der Waals surface area contributed by atoms with E-state index >= 15 is 0 Å². The van der Waals surface area contributed by atoms with Gasteiger partial charge in [-0.3, -0.25) is 9.48 Å². The number of nitrogens with one attached hydrogen (secondary N) is 2. The molecule has 1 unspecified atom stereocenters. The molecule has 1 aromatic rings. The average molecular weight is 223 g/mol. The lowest BCUT2D eigenvalue weighted by molar-refractivity contribution is -0.121. The Hall–Kier alpha value is -1.43. The maximum atomic E-state index is 11.6. The van der Waals surface area contributed by atoms with Gasteiger partial charge in [0.15, 0.2) is 5.82 Å². The molecule has 0 aliphatic carbocycles. The third-order valence-electron chi connectivity index (χ3n) is 2.68. The van der Waals surface area contributed by atoms with Crippen molar-refractivity contribution >= 4 is 5.91 Å². The summed E-state index contributed by atoms with van der Waals surface area (Å²) in [5.74, 6) is 0.710. The molecule has 6 nitrogen and oxygen atoms in total. The van der Waals surface area contributed by atoms with Crippen molar-refractivity contribution in [1.29, 1.82) is 0 Å². The molecule has 1 atom stereocenters. The van der Waals surface area contributed by atoms with E-state index in [4.69, 9.17) is 0 Å². The van der Waals surface area contributed by atoms with Crippen molar-refractivity contribution in [2.75, 3.05) is 6.54 Å². The molecule has 2 heterocycles. The number of carbonyl (C=O) groups is 1. The maximum absolute atomic E-state index is 11.6. The summed E-state index contributed by atoms with van der Waals surface area (Å²) in [6.07, 6.45) is 4.43. The molecule has 1 aliphatic heterocycles. The molecule has 0 aromatic carbocycles. The molecule has 1 aliphatic rings. The van der Waals surface area contributed by atoms with Crippen LogP contribution in [0.25, 0.3) is 0 Å². The van der Waals surface area contributed by atoms with Gasteiger partial charge in [-0.05, 0) is 19.4 Å². The summed E-state index contributed by atoms with van der Waals surface area (Å²) >= 11 is 0. The average Bonchev–Trinajstić information content (AvgIpc) is 2.87. The van der Waals surface area contributed by atoms with Crippen molar-refractivity contribution in [3.63, 3.8) is 0 Å². The lowest BCUT2D eigenvalue weighted by Crippen LogP contribution is -2.31. The van der Waals surface area contributed by atoms with Gasteiger partial charge in [-0.25, -0.2) is 4.98 Å². The zero-order chi connectivity index (χ0) is 11.4. The van der Waals surface area contributed by atoms with Gasteiger partial charge in [0, 0.05) is 19.5 Å². The van der Waals surface area contributed by atoms with Gasteiger partial charge in [0.2, 0.25) is 5.91 Å². The third-order valence-corrected chi connectivity index (χ3v) is 2.68. The summed E-state index contributed by atoms with van der Waals surface area (Å²) in [4.78, 5) is 15.6. The van der Waals surface area contributed by atoms with Crippen molar-refractivity contribution < 1.29 is 4.79 Å². The van der Waals surface area contributed by atoms with Crippen molar-refractivity contribution in [2.45, 2.75) is 31.8 Å². The first kappa shape index (κ1) is 11.1. The number of aryl methyl sites for hydroxylation is 1. The molecule has 2 rings (SSSR count). The van der Waals surface area contributed by atoms with Gasteiger partial charge in [-0.2, -0.15) is 5.10 Å². The number of carbonyl (C=O) groups excluding carboxylic acids is 1. The maximum Gasteiger partial charge on any atom is 0.221 e. The van der Waals surface area contributed by atoms with Crippen LogP contribution >= 0.6 is 0 Å². The summed E-state index contributed by atoms with van der Waals surface area (Å²) in [7, 11) is 1.81. The summed E-state index contributed by atoms with van der Waals surface area (Å²) in [6.45, 7) is 1.44. The minimum atomic E-state index is 0.0619. The SMILES string of the molecule is Cn1cnc(CNC(=O)CC2CCCN2)n1. The number of amides is 1. The Labute approximate surface area is 94.4 Å². The second-order valence-corrected chi connectivity index (χ2v) is 4.11. The van der Waals surface area contributed by atoms with Crippen molar-refractivity contribution in [3.8, 4) is 0 Å². The monoisotopic (exact) mass is 223 g/mol. The molecule has 1 amide bonds. The number of hydrogen-bond donors (Lipinski definition) is 2. The van der Waals surface area contributed by atoms with Crippen LogP contribution in [0.4, 0.5) is 0 Å². The van der Waals surface area contributed by atoms with Crippen LogP contribution in [0.3, 0.4) is 0 Å². The lowest BCUT2D eigenvalue weighted by atomic mass is 10.1. The second-order valence-electron chi connectivity index (χ2n) is 4.11. The zero-order valence-electron chi connectivity index (χ0n) is 9.44. The first-order valence-corrected chi connectivity index (χ1v) is 5.58. The summed E-state index contributed by atoms with van der Waals surface area (Å²) < 4.78 is 1.63. The van der Waals surface area contributed by atoms with Crippen LogP contribution in [0.15, 0.2) is 6.33 Å². The third kappa shape index (κ3) is 3.03. The highest BCUT2D eigenvalue weighted by Gasteiger charge is 2.17. The molecule has 1 saturated heterocycles. The lowest BCUT2D eigenvalue weighted by Gasteiger charge is -2.09. The first-order valence-electron chi connectivity index (χ1n) is 5.58. The largest absolute Gasteiger partial charge is 0.349 e. The molecular formula is C10H17N5O. The van der Waals surface area contributed by atoms with E-state index in [1.54, 1.807) is 18.1 Å². The Balaban J connectivity index is 1.71. The minimum absolute atomic E-state index is 0.0619. The number of nitrogens with zero attached hydrogens (tertiary/aromatic N) is 3. The molecule has 16 heavy (non-hydrogen) atoms. The molecule has 0 saturated carbocycles. The Morgan fingerprint density at radius 2 is 2.62 bits per heavy atom. The molecule has 88 valence electrons. The van der Waals surface area contributed by atoms with Gasteiger partial charge in [0.1, 0.15) is 6.33 Å². The highest BCUT2D eigenvalue weighted by Crippen LogP contribution is 2.08. The van der Waals surface area contributed by atoms with Crippen LogP contribution in [0.2, 0.25) is 0 Å². The predicted molar refractivity (Wildman–Crippen MR) is 58.5 cm³/mol. The van der Waals surface area contributed by atoms with Crippen LogP contribution in [0.1, 0.15) is 25.1 Å². The van der Waals surface area contributed by atoms with Gasteiger partial charge in [0.05, 0.1) is 6.54 Å². The highest BCUT2D eigenvalue weighted by atomic mass is 16.1. The standard InChI is InChI=1S/C10H17N5O/c1-15-7-13-9(14-15)6-12-10(16)5-8-3-2-4-11-8/h7-8,11H,2-6H2,1H3,(H,12,16). The first-order chi connectivity index (χ1) is 7.74. The summed E-state index contributed by atoms with van der Waals surface area (Å²) in [5.41, 5.74) is 0. The second kappa shape index (κ2) is 5.07. The van der Waals surface area contributed by atoms with Gasteiger partial charge in [-0.15, -0.1) is 0 Å². The van der Waals surface area contributed by atoms with Gasteiger partial charge < -0.3 is 10.6 Å². The van der Waals surface area contributed by atoms with E-state index in [-0.39, 0.29) is 5.91 Å². The molecule has 0 radical (unpaired) electrons. The van der Waals surface area contributed by atoms with E-state index in [2.05, 4.69) is 20.7 Å². The van der Waals surface area contributed by atoms with Gasteiger partial charge in [0.25, 0.3) is 0 Å². The van der Waals surface area contributed by atoms with Crippen LogP contribution in [-0.2, 0) is 18.4 Å². The van der Waals surface area contributed by atoms with E-state index in [1.807, 2.05) is 0 Å². The van der Waals surface area contributed by atoms with E-state index in [0.29, 0.717) is 24.8 Å². The van der Waals surface area contributed by atoms with Crippen molar-refractivity contribution in [3.05, 3.63) is 12.2 Å². The molecule has 1 fully saturated rings. The number of hydrogen-bond acceptors (Lipinski definition) is 4. The highest BCUT2D eigenvalue weighted by molar-refractivity contribution is 5.76.